The van der Waals surface area contributed by atoms with E-state index >= 15 is 0 Å². The fourth-order valence-corrected chi connectivity index (χ4v) is 4.08. The number of thiophene rings is 1. The Hall–Kier alpha value is -2.97. The van der Waals surface area contributed by atoms with Gasteiger partial charge in [0.05, 0.1) is 11.4 Å². The van der Waals surface area contributed by atoms with E-state index in [0.717, 1.165) is 36.5 Å². The first kappa shape index (κ1) is 20.3. The second-order valence-corrected chi connectivity index (χ2v) is 8.10. The number of likely N-dealkylation sites (tertiary alicyclic amines) is 1. The number of anilines is 1. The Morgan fingerprint density at radius 2 is 2.20 bits per heavy atom. The highest BCUT2D eigenvalue weighted by Crippen LogP contribution is 2.24. The molecule has 7 nitrogen and oxygen atoms in total. The molecule has 2 aromatic heterocycles. The number of hydrogen-bond donors (Lipinski definition) is 1. The predicted molar refractivity (Wildman–Crippen MR) is 116 cm³/mol. The van der Waals surface area contributed by atoms with Crippen LogP contribution in [0.3, 0.4) is 0 Å². The number of benzene rings is 1. The molecule has 0 unspecified atom stereocenters. The van der Waals surface area contributed by atoms with Gasteiger partial charge < -0.3 is 14.6 Å². The summed E-state index contributed by atoms with van der Waals surface area (Å²) < 4.78 is 10.9. The van der Waals surface area contributed by atoms with Gasteiger partial charge in [0.1, 0.15) is 12.4 Å². The molecule has 156 valence electrons. The second kappa shape index (κ2) is 9.69. The van der Waals surface area contributed by atoms with Crippen LogP contribution < -0.4 is 10.1 Å². The fraction of sp³-hybridized carbons (Fsp3) is 0.318. The topological polar surface area (TPSA) is 80.5 Å². The molecule has 3 aromatic rings. The summed E-state index contributed by atoms with van der Waals surface area (Å²) in [6.07, 6.45) is 3.28. The average molecular weight is 425 g/mol. The van der Waals surface area contributed by atoms with Gasteiger partial charge in [-0.1, -0.05) is 29.9 Å². The minimum absolute atomic E-state index is 0.0108. The van der Waals surface area contributed by atoms with Crippen molar-refractivity contribution >= 4 is 22.9 Å². The highest BCUT2D eigenvalue weighted by atomic mass is 32.1. The molecule has 0 bridgehead atoms. The lowest BCUT2D eigenvalue weighted by Gasteiger charge is -2.30. The summed E-state index contributed by atoms with van der Waals surface area (Å²) in [5.41, 5.74) is 0.746. The van der Waals surface area contributed by atoms with Crippen molar-refractivity contribution in [1.29, 1.82) is 0 Å². The molecule has 0 saturated carbocycles. The number of nitrogens with zero attached hydrogens (tertiary/aromatic N) is 3. The summed E-state index contributed by atoms with van der Waals surface area (Å²) in [6, 6.07) is 11.4. The van der Waals surface area contributed by atoms with Crippen LogP contribution in [0.15, 0.2) is 59.0 Å². The second-order valence-electron chi connectivity index (χ2n) is 7.16. The van der Waals surface area contributed by atoms with E-state index in [9.17, 15) is 4.79 Å². The predicted octanol–water partition coefficient (Wildman–Crippen LogP) is 4.21. The van der Waals surface area contributed by atoms with E-state index in [-0.39, 0.29) is 11.8 Å². The first-order valence-electron chi connectivity index (χ1n) is 9.94. The van der Waals surface area contributed by atoms with Crippen molar-refractivity contribution in [1.82, 2.24) is 15.0 Å². The number of amides is 1. The van der Waals surface area contributed by atoms with Gasteiger partial charge in [0.15, 0.2) is 0 Å². The minimum Gasteiger partial charge on any atom is -0.489 e. The Morgan fingerprint density at radius 1 is 1.33 bits per heavy atom. The first-order valence-corrected chi connectivity index (χ1v) is 10.8. The van der Waals surface area contributed by atoms with Crippen LogP contribution in [0.5, 0.6) is 5.75 Å². The van der Waals surface area contributed by atoms with Gasteiger partial charge in [0.25, 0.3) is 0 Å². The maximum atomic E-state index is 12.7. The van der Waals surface area contributed by atoms with Crippen molar-refractivity contribution in [2.24, 2.45) is 5.92 Å². The summed E-state index contributed by atoms with van der Waals surface area (Å²) in [7, 11) is 0. The Kier molecular flexibility index (Phi) is 6.56. The van der Waals surface area contributed by atoms with Crippen molar-refractivity contribution < 1.29 is 14.1 Å². The summed E-state index contributed by atoms with van der Waals surface area (Å²) >= 11 is 1.59. The highest BCUT2D eigenvalue weighted by Gasteiger charge is 2.26. The van der Waals surface area contributed by atoms with Crippen LogP contribution in [0.25, 0.3) is 10.7 Å². The van der Waals surface area contributed by atoms with Crippen LogP contribution in [-0.4, -0.2) is 40.6 Å². The number of carbonyl (C=O) groups excluding carboxylic acids is 1. The molecule has 1 amide bonds. The molecule has 0 atom stereocenters. The lowest BCUT2D eigenvalue weighted by molar-refractivity contribution is -0.121. The Balaban J connectivity index is 1.26. The molecular weight excluding hydrogens is 400 g/mol. The van der Waals surface area contributed by atoms with Crippen LogP contribution in [0.1, 0.15) is 18.7 Å². The van der Waals surface area contributed by atoms with E-state index in [0.29, 0.717) is 30.6 Å². The number of rotatable bonds is 8. The van der Waals surface area contributed by atoms with Gasteiger partial charge >= 0.3 is 0 Å². The number of aromatic nitrogens is 2. The standard InChI is InChI=1S/C22H24N4O3S/c1-2-12-28-18-6-3-5-17(14-18)23-22(27)16-8-10-26(11-9-16)15-20-24-21(25-29-20)19-7-4-13-30-19/h2-7,13-14,16H,1,8-12,15H2,(H,23,27). The molecule has 1 aliphatic rings. The molecule has 30 heavy (non-hydrogen) atoms. The van der Waals surface area contributed by atoms with Crippen molar-refractivity contribution in [2.75, 3.05) is 25.0 Å². The van der Waals surface area contributed by atoms with Gasteiger partial charge in [0.2, 0.25) is 17.6 Å². The van der Waals surface area contributed by atoms with E-state index in [1.165, 1.54) is 0 Å². The highest BCUT2D eigenvalue weighted by molar-refractivity contribution is 7.13. The Morgan fingerprint density at radius 3 is 2.97 bits per heavy atom. The summed E-state index contributed by atoms with van der Waals surface area (Å²) in [5.74, 6) is 1.99. The maximum Gasteiger partial charge on any atom is 0.241 e. The van der Waals surface area contributed by atoms with Crippen molar-refractivity contribution in [3.8, 4) is 16.5 Å². The molecule has 1 aromatic carbocycles. The fourth-order valence-electron chi connectivity index (χ4n) is 3.43. The summed E-state index contributed by atoms with van der Waals surface area (Å²) in [5, 5.41) is 9.06. The van der Waals surface area contributed by atoms with Crippen molar-refractivity contribution in [3.05, 3.63) is 60.3 Å². The lowest BCUT2D eigenvalue weighted by atomic mass is 9.96. The molecule has 1 N–H and O–H groups in total. The zero-order chi connectivity index (χ0) is 20.8. The number of carbonyl (C=O) groups is 1. The van der Waals surface area contributed by atoms with Crippen LogP contribution in [0.2, 0.25) is 0 Å². The van der Waals surface area contributed by atoms with Gasteiger partial charge in [-0.15, -0.1) is 11.3 Å². The molecule has 1 fully saturated rings. The number of hydrogen-bond acceptors (Lipinski definition) is 7. The SMILES string of the molecule is C=CCOc1cccc(NC(=O)C2CCN(Cc3nc(-c4cccs4)no3)CC2)c1. The van der Waals surface area contributed by atoms with Gasteiger partial charge in [-0.2, -0.15) is 4.98 Å². The quantitative estimate of drug-likeness (QED) is 0.546. The van der Waals surface area contributed by atoms with Gasteiger partial charge in [0, 0.05) is 17.7 Å². The van der Waals surface area contributed by atoms with E-state index in [2.05, 4.69) is 26.9 Å². The third kappa shape index (κ3) is 5.14. The van der Waals surface area contributed by atoms with Crippen molar-refractivity contribution in [2.45, 2.75) is 19.4 Å². The van der Waals surface area contributed by atoms with Gasteiger partial charge in [-0.3, -0.25) is 9.69 Å². The molecule has 1 aliphatic heterocycles. The van der Waals surface area contributed by atoms with Crippen molar-refractivity contribution in [3.63, 3.8) is 0 Å². The molecule has 8 heteroatoms. The van der Waals surface area contributed by atoms with E-state index in [4.69, 9.17) is 9.26 Å². The van der Waals surface area contributed by atoms with E-state index in [1.54, 1.807) is 17.4 Å². The number of ether oxygens (including phenoxy) is 1. The van der Waals surface area contributed by atoms with Gasteiger partial charge in [-0.25, -0.2) is 0 Å². The molecule has 0 aliphatic carbocycles. The molecule has 1 saturated heterocycles. The third-order valence-corrected chi connectivity index (χ3v) is 5.86. The van der Waals surface area contributed by atoms with Crippen LogP contribution in [0, 0.1) is 5.92 Å². The molecule has 0 radical (unpaired) electrons. The van der Waals surface area contributed by atoms with Crippen LogP contribution >= 0.6 is 11.3 Å². The lowest BCUT2D eigenvalue weighted by Crippen LogP contribution is -2.37. The third-order valence-electron chi connectivity index (χ3n) is 5.00. The summed E-state index contributed by atoms with van der Waals surface area (Å²) in [4.78, 5) is 20.4. The van der Waals surface area contributed by atoms with E-state index < -0.39 is 0 Å². The molecule has 4 rings (SSSR count). The Bertz CT molecular complexity index is 978. The molecule has 0 spiro atoms. The average Bonchev–Trinajstić information content (AvgIpc) is 3.45. The minimum atomic E-state index is -0.0108. The maximum absolute atomic E-state index is 12.7. The van der Waals surface area contributed by atoms with Crippen LogP contribution in [-0.2, 0) is 11.3 Å². The normalized spacial score (nSPS) is 15.1. The molecule has 3 heterocycles. The van der Waals surface area contributed by atoms with Gasteiger partial charge in [-0.05, 0) is 49.5 Å². The number of piperidine rings is 1. The zero-order valence-electron chi connectivity index (χ0n) is 16.6. The first-order chi connectivity index (χ1) is 14.7. The zero-order valence-corrected chi connectivity index (χ0v) is 17.4. The van der Waals surface area contributed by atoms with E-state index in [1.807, 2.05) is 41.8 Å². The largest absolute Gasteiger partial charge is 0.489 e. The monoisotopic (exact) mass is 424 g/mol. The molecular formula is C22H24N4O3S. The summed E-state index contributed by atoms with van der Waals surface area (Å²) in [6.45, 7) is 6.32. The number of nitrogens with one attached hydrogen (secondary N) is 1. The van der Waals surface area contributed by atoms with Crippen LogP contribution in [0.4, 0.5) is 5.69 Å². The Labute approximate surface area is 179 Å². The smallest absolute Gasteiger partial charge is 0.241 e.